The van der Waals surface area contributed by atoms with Crippen molar-refractivity contribution in [2.75, 3.05) is 11.9 Å². The number of rotatable bonds is 5. The number of fused-ring (bicyclic) bond motifs is 1. The minimum absolute atomic E-state index is 0.0772. The second-order valence-corrected chi connectivity index (χ2v) is 12.5. The first kappa shape index (κ1) is 25.4. The summed E-state index contributed by atoms with van der Waals surface area (Å²) < 4.78 is 71.1. The van der Waals surface area contributed by atoms with E-state index in [0.717, 1.165) is 28.3 Å². The Morgan fingerprint density at radius 3 is 2.36 bits per heavy atom. The molecular weight excluding hydrogens is 487 g/mol. The average molecular weight is 513 g/mol. The molecule has 0 bridgehead atoms. The molecule has 5 nitrogen and oxygen atoms in total. The first-order valence-electron chi connectivity index (χ1n) is 10.0. The monoisotopic (exact) mass is 512 g/mol. The van der Waals surface area contributed by atoms with E-state index in [4.69, 9.17) is 4.74 Å². The predicted octanol–water partition coefficient (Wildman–Crippen LogP) is 6.99. The van der Waals surface area contributed by atoms with Crippen LogP contribution < -0.4 is 10.6 Å². The van der Waals surface area contributed by atoms with Crippen molar-refractivity contribution in [2.24, 2.45) is 0 Å². The highest BCUT2D eigenvalue weighted by molar-refractivity contribution is 8.45. The van der Waals surface area contributed by atoms with Gasteiger partial charge in [-0.1, -0.05) is 25.5 Å². The number of halogens is 5. The standard InChI is InChI=1S/C21H25F5N2O3S2/c1-6-31-19(30)15-14-11-20(2,3)28-21(4,5)16(14)32-18(15)27-17(29)12-8-7-9-13(10-12)33(22,23,24,25)26/h7-10,28H,6,11H2,1-5H3,(H,27,29). The van der Waals surface area contributed by atoms with Crippen LogP contribution in [0.4, 0.5) is 24.4 Å². The maximum absolute atomic E-state index is 13.2. The summed E-state index contributed by atoms with van der Waals surface area (Å²) in [5, 5.41) is 5.99. The number of amides is 1. The number of anilines is 1. The number of hydrogen-bond donors (Lipinski definition) is 2. The van der Waals surface area contributed by atoms with Crippen LogP contribution in [0.3, 0.4) is 0 Å². The number of ether oxygens (including phenoxy) is 1. The van der Waals surface area contributed by atoms with Crippen LogP contribution in [0.15, 0.2) is 29.2 Å². The second-order valence-electron chi connectivity index (χ2n) is 9.10. The first-order valence-corrected chi connectivity index (χ1v) is 12.8. The summed E-state index contributed by atoms with van der Waals surface area (Å²) in [6.45, 7) is 9.41. The molecule has 0 atom stereocenters. The van der Waals surface area contributed by atoms with E-state index in [1.807, 2.05) is 27.7 Å². The van der Waals surface area contributed by atoms with E-state index >= 15 is 0 Å². The van der Waals surface area contributed by atoms with Crippen LogP contribution in [-0.4, -0.2) is 24.0 Å². The lowest BCUT2D eigenvalue weighted by molar-refractivity contribution is 0.0525. The molecule has 0 saturated heterocycles. The van der Waals surface area contributed by atoms with Crippen molar-refractivity contribution < 1.29 is 33.8 Å². The Morgan fingerprint density at radius 1 is 1.15 bits per heavy atom. The van der Waals surface area contributed by atoms with E-state index in [9.17, 15) is 29.0 Å². The molecule has 12 heteroatoms. The highest BCUT2D eigenvalue weighted by Gasteiger charge is 2.65. The van der Waals surface area contributed by atoms with Crippen molar-refractivity contribution in [3.63, 3.8) is 0 Å². The normalized spacial score (nSPS) is 19.1. The van der Waals surface area contributed by atoms with Crippen LogP contribution in [0.25, 0.3) is 0 Å². The van der Waals surface area contributed by atoms with Gasteiger partial charge in [0.15, 0.2) is 0 Å². The molecule has 1 aliphatic rings. The molecule has 2 heterocycles. The smallest absolute Gasteiger partial charge is 0.341 e. The van der Waals surface area contributed by atoms with Gasteiger partial charge in [0.2, 0.25) is 0 Å². The van der Waals surface area contributed by atoms with Crippen molar-refractivity contribution in [1.82, 2.24) is 5.32 Å². The summed E-state index contributed by atoms with van der Waals surface area (Å²) in [6, 6.07) is 2.07. The molecule has 2 aromatic rings. The molecule has 0 fully saturated rings. The summed E-state index contributed by atoms with van der Waals surface area (Å²) in [4.78, 5) is 24.1. The third-order valence-electron chi connectivity index (χ3n) is 5.09. The van der Waals surface area contributed by atoms with E-state index in [1.165, 1.54) is 0 Å². The SMILES string of the molecule is CCOC(=O)c1c(NC(=O)c2cccc(S(F)(F)(F)(F)F)c2)sc2c1CC(C)(C)NC2(C)C. The van der Waals surface area contributed by atoms with Gasteiger partial charge in [0, 0.05) is 21.5 Å². The highest BCUT2D eigenvalue weighted by Crippen LogP contribution is 3.02. The Bertz CT molecular complexity index is 1140. The van der Waals surface area contributed by atoms with Gasteiger partial charge in [-0.05, 0) is 64.8 Å². The Kier molecular flexibility index (Phi) is 5.52. The van der Waals surface area contributed by atoms with Crippen LogP contribution in [0.1, 0.15) is 65.8 Å². The summed E-state index contributed by atoms with van der Waals surface area (Å²) in [5.41, 5.74) is -0.788. The van der Waals surface area contributed by atoms with Gasteiger partial charge in [-0.2, -0.15) is 0 Å². The summed E-state index contributed by atoms with van der Waals surface area (Å²) >= 11 is 1.10. The zero-order valence-corrected chi connectivity index (χ0v) is 20.3. The number of carbonyl (C=O) groups is 2. The third-order valence-corrected chi connectivity index (χ3v) is 7.71. The molecule has 1 aliphatic heterocycles. The molecule has 184 valence electrons. The molecule has 3 rings (SSSR count). The summed E-state index contributed by atoms with van der Waals surface area (Å²) in [5.74, 6) is -1.73. The molecule has 1 aromatic heterocycles. The molecule has 2 N–H and O–H groups in total. The van der Waals surface area contributed by atoms with Crippen LogP contribution in [0.2, 0.25) is 0 Å². The van der Waals surface area contributed by atoms with Crippen molar-refractivity contribution >= 4 is 38.4 Å². The maximum atomic E-state index is 13.2. The number of nitrogens with one attached hydrogen (secondary N) is 2. The summed E-state index contributed by atoms with van der Waals surface area (Å²) in [6.07, 6.45) is 0.436. The number of carbonyl (C=O) groups excluding carboxylic acids is 2. The molecule has 0 radical (unpaired) electrons. The Hall–Kier alpha value is -2.18. The Morgan fingerprint density at radius 2 is 1.79 bits per heavy atom. The minimum Gasteiger partial charge on any atom is -0.462 e. The van der Waals surface area contributed by atoms with Gasteiger partial charge in [0.25, 0.3) is 5.91 Å². The third kappa shape index (κ3) is 5.33. The fourth-order valence-corrected chi connectivity index (χ4v) is 6.03. The van der Waals surface area contributed by atoms with Gasteiger partial charge in [0.1, 0.15) is 9.90 Å². The largest absolute Gasteiger partial charge is 0.462 e. The fourth-order valence-electron chi connectivity index (χ4n) is 4.09. The zero-order valence-electron chi connectivity index (χ0n) is 18.7. The van der Waals surface area contributed by atoms with E-state index in [0.29, 0.717) is 12.0 Å². The van der Waals surface area contributed by atoms with E-state index in [1.54, 1.807) is 6.92 Å². The first-order chi connectivity index (χ1) is 14.7. The summed E-state index contributed by atoms with van der Waals surface area (Å²) in [7, 11) is -9.96. The van der Waals surface area contributed by atoms with E-state index in [2.05, 4.69) is 10.6 Å². The molecule has 0 spiro atoms. The number of benzene rings is 1. The van der Waals surface area contributed by atoms with Crippen molar-refractivity contribution in [3.8, 4) is 0 Å². The number of esters is 1. The topological polar surface area (TPSA) is 67.4 Å². The lowest BCUT2D eigenvalue weighted by Gasteiger charge is -2.42. The molecule has 0 unspecified atom stereocenters. The van der Waals surface area contributed by atoms with Crippen LogP contribution in [0, 0.1) is 0 Å². The maximum Gasteiger partial charge on any atom is 0.341 e. The molecule has 0 saturated carbocycles. The second kappa shape index (κ2) is 7.16. The number of hydrogen-bond acceptors (Lipinski definition) is 5. The molecular formula is C21H25F5N2O3S2. The van der Waals surface area contributed by atoms with Crippen LogP contribution >= 0.6 is 21.6 Å². The highest BCUT2D eigenvalue weighted by atomic mass is 32.5. The van der Waals surface area contributed by atoms with Gasteiger partial charge in [0.05, 0.1) is 12.2 Å². The molecule has 33 heavy (non-hydrogen) atoms. The van der Waals surface area contributed by atoms with Gasteiger partial charge < -0.3 is 15.4 Å². The van der Waals surface area contributed by atoms with Crippen molar-refractivity contribution in [2.45, 2.75) is 57.0 Å². The molecule has 1 aromatic carbocycles. The molecule has 1 amide bonds. The predicted molar refractivity (Wildman–Crippen MR) is 120 cm³/mol. The van der Waals surface area contributed by atoms with Crippen LogP contribution in [-0.2, 0) is 16.7 Å². The van der Waals surface area contributed by atoms with Crippen molar-refractivity contribution in [3.05, 3.63) is 45.8 Å². The molecule has 0 aliphatic carbocycles. The minimum atomic E-state index is -9.96. The van der Waals surface area contributed by atoms with Gasteiger partial charge in [-0.25, -0.2) is 4.79 Å². The quantitative estimate of drug-likeness (QED) is 0.335. The fraction of sp³-hybridized carbons (Fsp3) is 0.429. The Labute approximate surface area is 192 Å². The Balaban J connectivity index is 2.07. The van der Waals surface area contributed by atoms with Gasteiger partial charge >= 0.3 is 16.2 Å². The number of thiophene rings is 1. The zero-order chi connectivity index (χ0) is 25.1. The van der Waals surface area contributed by atoms with Gasteiger partial charge in [-0.15, -0.1) is 11.3 Å². The lowest BCUT2D eigenvalue weighted by atomic mass is 9.81. The van der Waals surface area contributed by atoms with E-state index in [-0.39, 0.29) is 29.3 Å². The van der Waals surface area contributed by atoms with Crippen molar-refractivity contribution in [1.29, 1.82) is 0 Å². The van der Waals surface area contributed by atoms with Crippen LogP contribution in [0.5, 0.6) is 0 Å². The van der Waals surface area contributed by atoms with Gasteiger partial charge in [-0.3, -0.25) is 4.79 Å². The lowest BCUT2D eigenvalue weighted by Crippen LogP contribution is -2.55. The average Bonchev–Trinajstić information content (AvgIpc) is 2.97. The van der Waals surface area contributed by atoms with E-state index < -0.39 is 43.6 Å².